The fourth-order valence-electron chi connectivity index (χ4n) is 5.04. The summed E-state index contributed by atoms with van der Waals surface area (Å²) in [6, 6.07) is 42.5. The Morgan fingerprint density at radius 2 is 0.943 bits per heavy atom. The van der Waals surface area contributed by atoms with Gasteiger partial charge < -0.3 is 0 Å². The second-order valence-electron chi connectivity index (χ2n) is 9.92. The van der Waals surface area contributed by atoms with Crippen LogP contribution in [0.5, 0.6) is 0 Å². The molecule has 1 fully saturated rings. The molecule has 0 aliphatic heterocycles. The van der Waals surface area contributed by atoms with E-state index < -0.39 is 0 Å². The molecule has 0 amide bonds. The zero-order valence-electron chi connectivity index (χ0n) is 20.5. The highest BCUT2D eigenvalue weighted by atomic mass is 14.3. The Bertz CT molecular complexity index is 1470. The summed E-state index contributed by atoms with van der Waals surface area (Å²) < 4.78 is 0. The van der Waals surface area contributed by atoms with Gasteiger partial charge in [0.25, 0.3) is 0 Å². The highest BCUT2D eigenvalue weighted by Crippen LogP contribution is 2.46. The van der Waals surface area contributed by atoms with Crippen LogP contribution in [0.1, 0.15) is 35.4 Å². The van der Waals surface area contributed by atoms with Crippen molar-refractivity contribution in [2.24, 2.45) is 0 Å². The number of rotatable bonds is 5. The summed E-state index contributed by atoms with van der Waals surface area (Å²) in [5.41, 5.74) is 14.5. The van der Waals surface area contributed by atoms with Crippen molar-refractivity contribution < 1.29 is 0 Å². The molecule has 1 aliphatic rings. The Hall–Kier alpha value is -3.90. The molecule has 0 heterocycles. The predicted octanol–water partition coefficient (Wildman–Crippen LogP) is 9.85. The first-order valence-corrected chi connectivity index (χ1v) is 12.6. The summed E-state index contributed by atoms with van der Waals surface area (Å²) >= 11 is 0. The Morgan fingerprint density at radius 1 is 0.457 bits per heavy atom. The van der Waals surface area contributed by atoms with E-state index in [2.05, 4.69) is 129 Å². The van der Waals surface area contributed by atoms with Crippen LogP contribution in [-0.4, -0.2) is 0 Å². The molecular formula is C35H30. The Kier molecular flexibility index (Phi) is 5.58. The van der Waals surface area contributed by atoms with E-state index in [0.717, 1.165) is 0 Å². The number of benzene rings is 5. The van der Waals surface area contributed by atoms with E-state index in [0.29, 0.717) is 5.92 Å². The smallest absolute Gasteiger partial charge is 0.0140 e. The van der Waals surface area contributed by atoms with Crippen molar-refractivity contribution >= 4 is 0 Å². The summed E-state index contributed by atoms with van der Waals surface area (Å²) in [6.07, 6.45) is 2.60. The van der Waals surface area contributed by atoms with Gasteiger partial charge in [0.2, 0.25) is 0 Å². The maximum absolute atomic E-state index is 2.41. The van der Waals surface area contributed by atoms with Gasteiger partial charge in [-0.25, -0.2) is 0 Å². The third kappa shape index (κ3) is 4.45. The lowest BCUT2D eigenvalue weighted by Gasteiger charge is -2.16. The van der Waals surface area contributed by atoms with Crippen LogP contribution in [-0.2, 0) is 0 Å². The molecule has 5 aromatic rings. The highest BCUT2D eigenvalue weighted by molar-refractivity contribution is 5.82. The minimum absolute atomic E-state index is 0.701. The Morgan fingerprint density at radius 3 is 1.57 bits per heavy atom. The minimum atomic E-state index is 0.701. The van der Waals surface area contributed by atoms with Crippen molar-refractivity contribution in [1.29, 1.82) is 0 Å². The monoisotopic (exact) mass is 450 g/mol. The van der Waals surface area contributed by atoms with Crippen molar-refractivity contribution in [3.63, 3.8) is 0 Å². The molecule has 170 valence electrons. The molecule has 0 spiro atoms. The third-order valence-electron chi connectivity index (χ3n) is 7.31. The van der Waals surface area contributed by atoms with Gasteiger partial charge in [0, 0.05) is 0 Å². The molecule has 5 aromatic carbocycles. The van der Waals surface area contributed by atoms with E-state index in [1.165, 1.54) is 74.0 Å². The predicted molar refractivity (Wildman–Crippen MR) is 150 cm³/mol. The molecule has 0 nitrogen and oxygen atoms in total. The first kappa shape index (κ1) is 21.6. The van der Waals surface area contributed by atoms with Crippen molar-refractivity contribution in [2.45, 2.75) is 32.6 Å². The summed E-state index contributed by atoms with van der Waals surface area (Å²) in [7, 11) is 0. The first-order valence-electron chi connectivity index (χ1n) is 12.6. The van der Waals surface area contributed by atoms with Crippen molar-refractivity contribution in [3.8, 4) is 44.5 Å². The van der Waals surface area contributed by atoms with E-state index in [4.69, 9.17) is 0 Å². The van der Waals surface area contributed by atoms with Crippen molar-refractivity contribution in [3.05, 3.63) is 132 Å². The van der Waals surface area contributed by atoms with Crippen molar-refractivity contribution in [2.75, 3.05) is 0 Å². The molecule has 0 aromatic heterocycles. The van der Waals surface area contributed by atoms with Crippen LogP contribution >= 0.6 is 0 Å². The SMILES string of the molecule is Cc1ccc(-c2ccc(-c3ccc(C)c(-c4cc(-c5ccccc5)ccc4C4CC4)c3)cc2)cc1. The third-order valence-corrected chi connectivity index (χ3v) is 7.31. The molecule has 0 saturated heterocycles. The number of hydrogen-bond donors (Lipinski definition) is 0. The van der Waals surface area contributed by atoms with Gasteiger partial charge in [-0.1, -0.05) is 109 Å². The average Bonchev–Trinajstić information content (AvgIpc) is 3.75. The fraction of sp³-hybridized carbons (Fsp3) is 0.143. The summed E-state index contributed by atoms with van der Waals surface area (Å²) in [4.78, 5) is 0. The molecule has 6 rings (SSSR count). The quantitative estimate of drug-likeness (QED) is 0.250. The van der Waals surface area contributed by atoms with E-state index in [-0.39, 0.29) is 0 Å². The Balaban J connectivity index is 1.40. The van der Waals surface area contributed by atoms with Crippen LogP contribution in [0.2, 0.25) is 0 Å². The van der Waals surface area contributed by atoms with Gasteiger partial charge in [-0.15, -0.1) is 0 Å². The van der Waals surface area contributed by atoms with Gasteiger partial charge in [0.15, 0.2) is 0 Å². The average molecular weight is 451 g/mol. The fourth-order valence-corrected chi connectivity index (χ4v) is 5.04. The van der Waals surface area contributed by atoms with Crippen LogP contribution in [0.15, 0.2) is 115 Å². The van der Waals surface area contributed by atoms with E-state index in [1.54, 1.807) is 0 Å². The van der Waals surface area contributed by atoms with Crippen LogP contribution < -0.4 is 0 Å². The molecule has 0 radical (unpaired) electrons. The van der Waals surface area contributed by atoms with Crippen LogP contribution in [0.3, 0.4) is 0 Å². The standard InChI is InChI=1S/C35H30/c1-24-8-11-27(12-9-24)28-14-16-29(17-15-28)31-13-10-25(2)34(22-31)35-23-32(26-6-4-3-5-7-26)20-21-33(35)30-18-19-30/h3-17,20-23,30H,18-19H2,1-2H3. The molecule has 0 atom stereocenters. The number of aryl methyl sites for hydroxylation is 2. The minimum Gasteiger partial charge on any atom is -0.0622 e. The lowest BCUT2D eigenvalue weighted by Crippen LogP contribution is -1.93. The highest BCUT2D eigenvalue weighted by Gasteiger charge is 2.27. The molecule has 0 N–H and O–H groups in total. The zero-order chi connectivity index (χ0) is 23.8. The lowest BCUT2D eigenvalue weighted by atomic mass is 9.88. The van der Waals surface area contributed by atoms with Gasteiger partial charge in [0.1, 0.15) is 0 Å². The molecule has 0 unspecified atom stereocenters. The molecule has 0 bridgehead atoms. The second kappa shape index (κ2) is 9.04. The van der Waals surface area contributed by atoms with Gasteiger partial charge >= 0.3 is 0 Å². The summed E-state index contributed by atoms with van der Waals surface area (Å²) in [5, 5.41) is 0. The van der Waals surface area contributed by atoms with Crippen LogP contribution in [0.4, 0.5) is 0 Å². The molecule has 1 aliphatic carbocycles. The second-order valence-corrected chi connectivity index (χ2v) is 9.92. The van der Waals surface area contributed by atoms with E-state index in [1.807, 2.05) is 0 Å². The normalized spacial score (nSPS) is 13.1. The van der Waals surface area contributed by atoms with E-state index in [9.17, 15) is 0 Å². The van der Waals surface area contributed by atoms with Gasteiger partial charge in [0.05, 0.1) is 0 Å². The molecule has 35 heavy (non-hydrogen) atoms. The first-order chi connectivity index (χ1) is 17.2. The lowest BCUT2D eigenvalue weighted by molar-refractivity contribution is 1.13. The van der Waals surface area contributed by atoms with Crippen molar-refractivity contribution in [1.82, 2.24) is 0 Å². The molecular weight excluding hydrogens is 420 g/mol. The van der Waals surface area contributed by atoms with Crippen LogP contribution in [0.25, 0.3) is 44.5 Å². The summed E-state index contributed by atoms with van der Waals surface area (Å²) in [5.74, 6) is 0.701. The van der Waals surface area contributed by atoms with Crippen LogP contribution in [0, 0.1) is 13.8 Å². The van der Waals surface area contributed by atoms with Gasteiger partial charge in [-0.05, 0) is 100 Å². The topological polar surface area (TPSA) is 0 Å². The largest absolute Gasteiger partial charge is 0.0622 e. The zero-order valence-corrected chi connectivity index (χ0v) is 20.5. The van der Waals surface area contributed by atoms with Gasteiger partial charge in [-0.3, -0.25) is 0 Å². The summed E-state index contributed by atoms with van der Waals surface area (Å²) in [6.45, 7) is 4.37. The Labute approximate surface area is 208 Å². The van der Waals surface area contributed by atoms with Gasteiger partial charge in [-0.2, -0.15) is 0 Å². The molecule has 1 saturated carbocycles. The number of hydrogen-bond acceptors (Lipinski definition) is 0. The van der Waals surface area contributed by atoms with E-state index >= 15 is 0 Å². The maximum atomic E-state index is 2.41. The maximum Gasteiger partial charge on any atom is -0.0140 e. The molecule has 0 heteroatoms.